The summed E-state index contributed by atoms with van der Waals surface area (Å²) in [7, 11) is 5.99. The Balaban J connectivity index is 0.00000133. The molecular formula is C13H11BINO2W-2. The molecule has 1 heterocycles. The number of allylic oxidation sites excluding steroid dienone is 2. The predicted molar refractivity (Wildman–Crippen MR) is 64.0 cm³/mol. The number of hydrogen-bond acceptors (Lipinski definition) is 2. The van der Waals surface area contributed by atoms with Gasteiger partial charge in [-0.3, -0.25) is 0 Å². The molecule has 19 heavy (non-hydrogen) atoms. The van der Waals surface area contributed by atoms with Crippen LogP contribution in [0.2, 0.25) is 0 Å². The first-order valence-electron chi connectivity index (χ1n) is 5.88. The molecular weight excluding hydrogens is 524 g/mol. The first-order chi connectivity index (χ1) is 8.72. The Morgan fingerprint density at radius 2 is 2.16 bits per heavy atom. The zero-order valence-electron chi connectivity index (χ0n) is 10.1. The second-order valence-corrected chi connectivity index (χ2v) is 7.35. The number of carbonyl (C=O) groups excluding carboxylic acids is 1. The molecule has 1 aromatic carbocycles. The van der Waals surface area contributed by atoms with Crippen LogP contribution in [0, 0.1) is 9.64 Å². The molecule has 0 bridgehead atoms. The minimum atomic E-state index is -0.467. The largest absolute Gasteiger partial charge is 0 e. The molecule has 0 spiro atoms. The maximum Gasteiger partial charge on any atom is 0 e. The number of hydroxylamine groups is 1. The minimum Gasteiger partial charge on any atom is 0 e. The quantitative estimate of drug-likeness (QED) is 0.143. The number of benzene rings is 1. The van der Waals surface area contributed by atoms with E-state index in [4.69, 9.17) is 13.1 Å². The molecule has 0 saturated carbocycles. The molecule has 0 fully saturated rings. The summed E-state index contributed by atoms with van der Waals surface area (Å²) in [6.07, 6.45) is 4.56. The summed E-state index contributed by atoms with van der Waals surface area (Å²) < 4.78 is 2.62. The van der Waals surface area contributed by atoms with Crippen LogP contribution in [-0.4, -0.2) is 19.0 Å². The van der Waals surface area contributed by atoms with Gasteiger partial charge in [0.05, 0.1) is 0 Å². The third-order valence-corrected chi connectivity index (χ3v) is 6.86. The molecule has 6 heteroatoms. The van der Waals surface area contributed by atoms with Crippen LogP contribution in [0.3, 0.4) is 0 Å². The summed E-state index contributed by atoms with van der Waals surface area (Å²) in [5.41, 5.74) is 5.19. The molecule has 0 aromatic heterocycles. The van der Waals surface area contributed by atoms with E-state index >= 15 is 0 Å². The van der Waals surface area contributed by atoms with E-state index in [0.717, 1.165) is 22.0 Å². The number of hydrogen-bond donors (Lipinski definition) is 2. The molecule has 1 amide bonds. The second-order valence-electron chi connectivity index (χ2n) is 4.43. The average Bonchev–Trinajstić information content (AvgIpc) is 2.79. The Morgan fingerprint density at radius 3 is 2.89 bits per heavy atom. The van der Waals surface area contributed by atoms with E-state index in [2.05, 4.69) is 6.07 Å². The van der Waals surface area contributed by atoms with Gasteiger partial charge in [0, 0.05) is 21.1 Å². The average molecular weight is 535 g/mol. The molecule has 2 N–H and O–H groups in total. The summed E-state index contributed by atoms with van der Waals surface area (Å²) in [5, 5.41) is 8.83. The fraction of sp³-hybridized carbons (Fsp3) is 0.308. The summed E-state index contributed by atoms with van der Waals surface area (Å²) in [4.78, 5) is 11.7. The van der Waals surface area contributed by atoms with E-state index in [-0.39, 0.29) is 42.3 Å². The predicted octanol–water partition coefficient (Wildman–Crippen LogP) is -2.05. The van der Waals surface area contributed by atoms with E-state index in [0.29, 0.717) is 11.0 Å². The molecule has 1 aliphatic carbocycles. The van der Waals surface area contributed by atoms with Crippen molar-refractivity contribution in [3.63, 3.8) is 0 Å². The van der Waals surface area contributed by atoms with Crippen molar-refractivity contribution in [2.45, 2.75) is 25.7 Å². The number of halogens is 1. The molecule has 0 saturated heterocycles. The van der Waals surface area contributed by atoms with E-state index in [1.165, 1.54) is 22.0 Å². The zero-order chi connectivity index (χ0) is 12.7. The van der Waals surface area contributed by atoms with E-state index < -0.39 is 5.91 Å². The van der Waals surface area contributed by atoms with Crippen LogP contribution in [0.1, 0.15) is 41.6 Å². The van der Waals surface area contributed by atoms with Crippen molar-refractivity contribution < 1.29 is 52.3 Å². The van der Waals surface area contributed by atoms with Gasteiger partial charge in [-0.05, 0) is 0 Å². The molecule has 2 radical (unpaired) electrons. The van der Waals surface area contributed by atoms with Crippen molar-refractivity contribution >= 4 is 24.8 Å². The molecule has 0 atom stereocenters. The summed E-state index contributed by atoms with van der Waals surface area (Å²) >= 11 is -0.246. The van der Waals surface area contributed by atoms with Crippen LogP contribution in [0.15, 0.2) is 9.65 Å². The number of rotatable bonds is 1. The topological polar surface area (TPSA) is 49.3 Å². The molecule has 1 aliphatic heterocycles. The molecule has 3 nitrogen and oxygen atoms in total. The summed E-state index contributed by atoms with van der Waals surface area (Å²) in [6, 6.07) is 4.52. The van der Waals surface area contributed by atoms with Crippen molar-refractivity contribution in [2.75, 3.05) is 0 Å². The van der Waals surface area contributed by atoms with Crippen LogP contribution >= 0.6 is 0 Å². The third-order valence-electron chi connectivity index (χ3n) is 3.35. The van der Waals surface area contributed by atoms with Crippen molar-refractivity contribution in [2.24, 2.45) is 0 Å². The van der Waals surface area contributed by atoms with E-state index in [1.807, 2.05) is 0 Å². The summed E-state index contributed by atoms with van der Waals surface area (Å²) in [6.45, 7) is 0. The van der Waals surface area contributed by atoms with Gasteiger partial charge < -0.3 is 0 Å². The Hall–Kier alpha value is -0.127. The Kier molecular flexibility index (Phi) is 4.90. The molecule has 3 rings (SSSR count). The van der Waals surface area contributed by atoms with Gasteiger partial charge in [0.2, 0.25) is 0 Å². The van der Waals surface area contributed by atoms with Crippen molar-refractivity contribution in [3.05, 3.63) is 30.4 Å². The third kappa shape index (κ3) is 2.57. The maximum atomic E-state index is 11.7. The zero-order valence-corrected chi connectivity index (χ0v) is 15.2. The maximum absolute atomic E-state index is 11.7. The summed E-state index contributed by atoms with van der Waals surface area (Å²) in [5.74, 6) is -0.467. The number of fused-ring (bicyclic) bond motifs is 2. The first kappa shape index (κ1) is 15.3. The number of carbonyl (C=O) groups is 1. The number of nitrogens with one attached hydrogen (secondary N) is 1. The van der Waals surface area contributed by atoms with Gasteiger partial charge in [-0.2, -0.15) is 0 Å². The Bertz CT molecular complexity index is 574. The van der Waals surface area contributed by atoms with E-state index in [1.54, 1.807) is 11.5 Å². The van der Waals surface area contributed by atoms with Gasteiger partial charge in [-0.15, -0.1) is 0 Å². The Labute approximate surface area is 138 Å². The van der Waals surface area contributed by atoms with Crippen molar-refractivity contribution in [3.8, 4) is 0 Å². The fourth-order valence-corrected chi connectivity index (χ4v) is 6.02. The Morgan fingerprint density at radius 1 is 1.42 bits per heavy atom. The van der Waals surface area contributed by atoms with Crippen LogP contribution < -0.4 is 32.1 Å². The van der Waals surface area contributed by atoms with Crippen LogP contribution in [0.4, 0.5) is 0 Å². The monoisotopic (exact) mass is 535 g/mol. The minimum absolute atomic E-state index is 0. The van der Waals surface area contributed by atoms with E-state index in [9.17, 15) is 4.79 Å². The normalized spacial score (nSPS) is 16.9. The van der Waals surface area contributed by atoms with Gasteiger partial charge in [0.15, 0.2) is 0 Å². The van der Waals surface area contributed by atoms with Gasteiger partial charge in [0.1, 0.15) is 0 Å². The molecule has 0 unspecified atom stereocenters. The van der Waals surface area contributed by atoms with Gasteiger partial charge in [0.25, 0.3) is 0 Å². The number of amides is 1. The molecule has 98 valence electrons. The molecule has 1 aromatic rings. The van der Waals surface area contributed by atoms with Crippen molar-refractivity contribution in [1.29, 1.82) is 0 Å². The first-order valence-corrected chi connectivity index (χ1v) is 8.04. The second kappa shape index (κ2) is 6.10. The SMILES string of the molecule is [B]c1[c-]cc(C(=O)NO)c2c1[I-]C1=C2CCCC1.[W]. The standard InChI is InChI=1S/C13H11BINO2.W/c14-9-6-5-8(13(17)16-18)11-7-3-1-2-4-10(7)15-12(9)11;/h5,18H,1-4H2,(H,16,17);/q-2;. The van der Waals surface area contributed by atoms with Crippen LogP contribution in [0.25, 0.3) is 5.57 Å². The molecule has 2 aliphatic rings. The van der Waals surface area contributed by atoms with Crippen LogP contribution in [-0.2, 0) is 21.1 Å². The van der Waals surface area contributed by atoms with Gasteiger partial charge in [-0.25, -0.2) is 0 Å². The van der Waals surface area contributed by atoms with Crippen LogP contribution in [0.5, 0.6) is 0 Å². The van der Waals surface area contributed by atoms with Gasteiger partial charge in [-0.1, -0.05) is 0 Å². The van der Waals surface area contributed by atoms with Gasteiger partial charge >= 0.3 is 118 Å². The smallest absolute Gasteiger partial charge is 0 e. The van der Waals surface area contributed by atoms with Crippen molar-refractivity contribution in [1.82, 2.24) is 5.48 Å². The fourth-order valence-electron chi connectivity index (χ4n) is 2.52.